The maximum Gasteiger partial charge on any atom is 0.217 e. The molecule has 7 heteroatoms. The Morgan fingerprint density at radius 3 is 2.72 bits per heavy atom. The van der Waals surface area contributed by atoms with Crippen molar-refractivity contribution in [1.82, 2.24) is 0 Å². The molecular formula is C18H11Br2NO3S. The molecule has 126 valence electrons. The predicted molar refractivity (Wildman–Crippen MR) is 103 cm³/mol. The first kappa shape index (κ1) is 17.9. The molecule has 0 radical (unpaired) electrons. The van der Waals surface area contributed by atoms with Gasteiger partial charge in [-0.1, -0.05) is 34.1 Å². The number of benzene rings is 2. The van der Waals surface area contributed by atoms with Crippen LogP contribution in [0.15, 0.2) is 72.9 Å². The highest BCUT2D eigenvalue weighted by Gasteiger charge is 2.24. The fourth-order valence-corrected chi connectivity index (χ4v) is 5.03. The van der Waals surface area contributed by atoms with Gasteiger partial charge in [-0.25, -0.2) is 8.42 Å². The van der Waals surface area contributed by atoms with Crippen LogP contribution in [0.5, 0.6) is 5.75 Å². The zero-order chi connectivity index (χ0) is 18.0. The zero-order valence-corrected chi connectivity index (χ0v) is 16.7. The SMILES string of the molecule is N#C/C(=C/C1=Cc2ccccc2OC1)S(=O)(=O)c1cc(Br)ccc1Br. The maximum absolute atomic E-state index is 12.8. The average molecular weight is 481 g/mol. The van der Waals surface area contributed by atoms with Crippen molar-refractivity contribution >= 4 is 47.8 Å². The number of para-hydroxylation sites is 1. The van der Waals surface area contributed by atoms with Gasteiger partial charge in [0, 0.05) is 14.5 Å². The molecule has 1 aliphatic heterocycles. The molecule has 0 unspecified atom stereocenters. The largest absolute Gasteiger partial charge is 0.488 e. The number of nitrogens with zero attached hydrogens (tertiary/aromatic N) is 1. The first-order valence-corrected chi connectivity index (χ1v) is 10.2. The molecule has 1 aliphatic rings. The van der Waals surface area contributed by atoms with E-state index >= 15 is 0 Å². The standard InChI is InChI=1S/C18H11Br2NO3S/c19-14-5-6-16(20)18(9-14)25(22,23)15(10-21)8-12-7-13-3-1-2-4-17(13)24-11-12/h1-9H,11H2/b15-8-. The Labute approximate surface area is 162 Å². The highest BCUT2D eigenvalue weighted by molar-refractivity contribution is 9.11. The molecule has 4 nitrogen and oxygen atoms in total. The summed E-state index contributed by atoms with van der Waals surface area (Å²) < 4.78 is 32.3. The second-order valence-corrected chi connectivity index (χ2v) is 8.90. The van der Waals surface area contributed by atoms with E-state index in [1.165, 1.54) is 12.1 Å². The van der Waals surface area contributed by atoms with Crippen LogP contribution in [-0.2, 0) is 9.84 Å². The Hall–Kier alpha value is -1.88. The minimum atomic E-state index is -3.95. The molecule has 0 atom stereocenters. The molecule has 0 amide bonds. The topological polar surface area (TPSA) is 67.2 Å². The number of rotatable bonds is 3. The Morgan fingerprint density at radius 1 is 1.20 bits per heavy atom. The lowest BCUT2D eigenvalue weighted by Gasteiger charge is -2.16. The molecule has 1 heterocycles. The van der Waals surface area contributed by atoms with Crippen molar-refractivity contribution in [2.45, 2.75) is 4.90 Å². The van der Waals surface area contributed by atoms with Crippen LogP contribution in [-0.4, -0.2) is 15.0 Å². The predicted octanol–water partition coefficient (Wildman–Crippen LogP) is 4.87. The number of allylic oxidation sites excluding steroid dienone is 1. The number of nitriles is 1. The first-order chi connectivity index (χ1) is 11.9. The second-order valence-electron chi connectivity index (χ2n) is 5.24. The molecule has 25 heavy (non-hydrogen) atoms. The average Bonchev–Trinajstić information content (AvgIpc) is 2.61. The van der Waals surface area contributed by atoms with E-state index in [0.717, 1.165) is 11.3 Å². The number of halogens is 2. The molecule has 2 aromatic carbocycles. The van der Waals surface area contributed by atoms with Crippen molar-refractivity contribution in [2.75, 3.05) is 6.61 Å². The lowest BCUT2D eigenvalue weighted by molar-refractivity contribution is 0.351. The molecule has 0 bridgehead atoms. The summed E-state index contributed by atoms with van der Waals surface area (Å²) in [4.78, 5) is -0.298. The third-order valence-electron chi connectivity index (χ3n) is 3.55. The molecule has 0 aromatic heterocycles. The van der Waals surface area contributed by atoms with Crippen LogP contribution in [0.2, 0.25) is 0 Å². The Bertz CT molecular complexity index is 1050. The number of hydrogen-bond acceptors (Lipinski definition) is 4. The number of fused-ring (bicyclic) bond motifs is 1. The van der Waals surface area contributed by atoms with Crippen LogP contribution in [0.3, 0.4) is 0 Å². The smallest absolute Gasteiger partial charge is 0.217 e. The monoisotopic (exact) mass is 479 g/mol. The summed E-state index contributed by atoms with van der Waals surface area (Å²) in [7, 11) is -3.95. The normalized spacial score (nSPS) is 14.1. The Balaban J connectivity index is 2.06. The van der Waals surface area contributed by atoms with Gasteiger partial charge in [0.2, 0.25) is 9.84 Å². The fraction of sp³-hybridized carbons (Fsp3) is 0.0556. The summed E-state index contributed by atoms with van der Waals surface area (Å²) in [5, 5.41) is 9.42. The summed E-state index contributed by atoms with van der Waals surface area (Å²) in [5.74, 6) is 0.732. The summed E-state index contributed by atoms with van der Waals surface area (Å²) in [6, 6.07) is 14.0. The molecule has 0 saturated heterocycles. The van der Waals surface area contributed by atoms with Gasteiger partial charge in [-0.15, -0.1) is 0 Å². The van der Waals surface area contributed by atoms with Gasteiger partial charge in [0.1, 0.15) is 23.3 Å². The van der Waals surface area contributed by atoms with E-state index in [-0.39, 0.29) is 16.4 Å². The highest BCUT2D eigenvalue weighted by Crippen LogP contribution is 2.32. The molecular weight excluding hydrogens is 470 g/mol. The summed E-state index contributed by atoms with van der Waals surface area (Å²) in [6.45, 7) is 0.206. The van der Waals surface area contributed by atoms with Gasteiger partial charge in [-0.05, 0) is 57.9 Å². The van der Waals surface area contributed by atoms with E-state index in [4.69, 9.17) is 4.74 Å². The molecule has 2 aromatic rings. The molecule has 0 saturated carbocycles. The minimum Gasteiger partial charge on any atom is -0.488 e. The van der Waals surface area contributed by atoms with Crippen LogP contribution in [0.1, 0.15) is 5.56 Å². The Morgan fingerprint density at radius 2 is 1.96 bits per heavy atom. The van der Waals surface area contributed by atoms with Gasteiger partial charge < -0.3 is 4.74 Å². The van der Waals surface area contributed by atoms with E-state index in [0.29, 0.717) is 14.5 Å². The lowest BCUT2D eigenvalue weighted by Crippen LogP contribution is -2.09. The van der Waals surface area contributed by atoms with Crippen molar-refractivity contribution in [3.05, 3.63) is 73.5 Å². The quantitative estimate of drug-likeness (QED) is 0.588. The number of ether oxygens (including phenoxy) is 1. The van der Waals surface area contributed by atoms with E-state index in [9.17, 15) is 13.7 Å². The van der Waals surface area contributed by atoms with Crippen molar-refractivity contribution < 1.29 is 13.2 Å². The van der Waals surface area contributed by atoms with Gasteiger partial charge in [-0.3, -0.25) is 0 Å². The summed E-state index contributed by atoms with van der Waals surface area (Å²) in [5.41, 5.74) is 1.46. The van der Waals surface area contributed by atoms with Crippen molar-refractivity contribution in [2.24, 2.45) is 0 Å². The summed E-state index contributed by atoms with van der Waals surface area (Å²) in [6.07, 6.45) is 3.18. The summed E-state index contributed by atoms with van der Waals surface area (Å²) >= 11 is 6.49. The third kappa shape index (κ3) is 3.71. The van der Waals surface area contributed by atoms with Gasteiger partial charge in [-0.2, -0.15) is 5.26 Å². The van der Waals surface area contributed by atoms with Gasteiger partial charge in [0.05, 0.1) is 4.90 Å². The highest BCUT2D eigenvalue weighted by atomic mass is 79.9. The van der Waals surface area contributed by atoms with Crippen LogP contribution in [0, 0.1) is 11.3 Å². The van der Waals surface area contributed by atoms with Crippen LogP contribution >= 0.6 is 31.9 Å². The molecule has 0 N–H and O–H groups in total. The van der Waals surface area contributed by atoms with Gasteiger partial charge in [0.25, 0.3) is 0 Å². The van der Waals surface area contributed by atoms with E-state index in [1.807, 2.05) is 30.3 Å². The van der Waals surface area contributed by atoms with E-state index < -0.39 is 9.84 Å². The van der Waals surface area contributed by atoms with Crippen molar-refractivity contribution in [1.29, 1.82) is 5.26 Å². The molecule has 0 fully saturated rings. The van der Waals surface area contributed by atoms with Crippen LogP contribution in [0.25, 0.3) is 6.08 Å². The lowest BCUT2D eigenvalue weighted by atomic mass is 10.1. The first-order valence-electron chi connectivity index (χ1n) is 7.16. The van der Waals surface area contributed by atoms with Gasteiger partial charge >= 0.3 is 0 Å². The maximum atomic E-state index is 12.8. The van der Waals surface area contributed by atoms with Crippen LogP contribution in [0.4, 0.5) is 0 Å². The van der Waals surface area contributed by atoms with Gasteiger partial charge in [0.15, 0.2) is 0 Å². The van der Waals surface area contributed by atoms with Crippen molar-refractivity contribution in [3.8, 4) is 11.8 Å². The van der Waals surface area contributed by atoms with E-state index in [2.05, 4.69) is 31.9 Å². The Kier molecular flexibility index (Phi) is 5.13. The fourth-order valence-electron chi connectivity index (χ4n) is 2.36. The molecule has 0 aliphatic carbocycles. The van der Waals surface area contributed by atoms with E-state index in [1.54, 1.807) is 18.2 Å². The second kappa shape index (κ2) is 7.16. The van der Waals surface area contributed by atoms with Crippen LogP contribution < -0.4 is 4.74 Å². The molecule has 0 spiro atoms. The third-order valence-corrected chi connectivity index (χ3v) is 6.71. The number of sulfone groups is 1. The minimum absolute atomic E-state index is 0.0346. The molecule has 3 rings (SSSR count). The zero-order valence-electron chi connectivity index (χ0n) is 12.7. The number of hydrogen-bond donors (Lipinski definition) is 0. The van der Waals surface area contributed by atoms with Crippen molar-refractivity contribution in [3.63, 3.8) is 0 Å².